The number of ether oxygens (including phenoxy) is 2. The van der Waals surface area contributed by atoms with Crippen LogP contribution in [0.15, 0.2) is 30.7 Å². The first-order valence-corrected chi connectivity index (χ1v) is 13.6. The molecular formula is C28H37FN6O3. The standard InChI is InChI=1S/C28H37FN6O3/c1-4-18(2)35-16-23(27(36)32-19-7-11-38-12-8-19)22-15-31-21(14-25(22)35)13-20-5-9-30-28(33-20)34-10-6-26(37-3)24(29)17-34/h5,9,14-16,18-19,24,26H,4,6-8,10-13,17H2,1-3H3,(H,32,36)/t18-,24-,26+/m1/s1. The third-order valence-corrected chi connectivity index (χ3v) is 7.77. The molecule has 1 N–H and O–H groups in total. The number of piperidine rings is 1. The van der Waals surface area contributed by atoms with E-state index < -0.39 is 6.17 Å². The van der Waals surface area contributed by atoms with Gasteiger partial charge in [0.05, 0.1) is 29.4 Å². The van der Waals surface area contributed by atoms with Crippen LogP contribution in [-0.2, 0) is 15.9 Å². The van der Waals surface area contributed by atoms with Gasteiger partial charge in [-0.25, -0.2) is 14.4 Å². The predicted molar refractivity (Wildman–Crippen MR) is 143 cm³/mol. The van der Waals surface area contributed by atoms with E-state index in [9.17, 15) is 9.18 Å². The summed E-state index contributed by atoms with van der Waals surface area (Å²) >= 11 is 0. The van der Waals surface area contributed by atoms with Crippen LogP contribution < -0.4 is 10.2 Å². The Hall–Kier alpha value is -3.11. The highest BCUT2D eigenvalue weighted by molar-refractivity contribution is 6.07. The molecule has 0 aromatic carbocycles. The first kappa shape index (κ1) is 26.5. The van der Waals surface area contributed by atoms with Crippen molar-refractivity contribution in [2.75, 3.05) is 38.3 Å². The molecule has 2 saturated heterocycles. The minimum atomic E-state index is -1.07. The van der Waals surface area contributed by atoms with Gasteiger partial charge in [-0.15, -0.1) is 0 Å². The van der Waals surface area contributed by atoms with Crippen molar-refractivity contribution in [1.82, 2.24) is 24.8 Å². The van der Waals surface area contributed by atoms with Crippen LogP contribution in [0.4, 0.5) is 10.3 Å². The Kier molecular flexibility index (Phi) is 8.18. The lowest BCUT2D eigenvalue weighted by molar-refractivity contribution is 0.0194. The monoisotopic (exact) mass is 524 g/mol. The van der Waals surface area contributed by atoms with Crippen LogP contribution in [0.5, 0.6) is 0 Å². The van der Waals surface area contributed by atoms with Gasteiger partial charge in [0.2, 0.25) is 5.95 Å². The second-order valence-electron chi connectivity index (χ2n) is 10.3. The predicted octanol–water partition coefficient (Wildman–Crippen LogP) is 3.86. The Morgan fingerprint density at radius 1 is 1.26 bits per heavy atom. The fourth-order valence-electron chi connectivity index (χ4n) is 5.28. The van der Waals surface area contributed by atoms with Gasteiger partial charge in [0, 0.05) is 75.0 Å². The Morgan fingerprint density at radius 2 is 2.08 bits per heavy atom. The third kappa shape index (κ3) is 5.66. The molecule has 0 aliphatic carbocycles. The lowest BCUT2D eigenvalue weighted by Crippen LogP contribution is -2.46. The highest BCUT2D eigenvalue weighted by Gasteiger charge is 2.30. The van der Waals surface area contributed by atoms with Crippen LogP contribution in [0.25, 0.3) is 10.9 Å². The molecule has 0 spiro atoms. The van der Waals surface area contributed by atoms with Crippen molar-refractivity contribution in [3.63, 3.8) is 0 Å². The number of nitrogens with zero attached hydrogens (tertiary/aromatic N) is 5. The summed E-state index contributed by atoms with van der Waals surface area (Å²) in [5, 5.41) is 4.03. The second-order valence-corrected chi connectivity index (χ2v) is 10.3. The summed E-state index contributed by atoms with van der Waals surface area (Å²) < 4.78 is 27.3. The van der Waals surface area contributed by atoms with Crippen molar-refractivity contribution >= 4 is 22.8 Å². The second kappa shape index (κ2) is 11.7. The number of carbonyl (C=O) groups is 1. The molecule has 1 amide bonds. The molecule has 3 aromatic rings. The van der Waals surface area contributed by atoms with Gasteiger partial charge in [0.1, 0.15) is 6.17 Å². The Labute approximate surface area is 222 Å². The number of halogens is 1. The van der Waals surface area contributed by atoms with Crippen LogP contribution in [0.3, 0.4) is 0 Å². The molecule has 0 bridgehead atoms. The van der Waals surface area contributed by atoms with E-state index in [4.69, 9.17) is 19.4 Å². The SMILES string of the molecule is CC[C@@H](C)n1cc(C(=O)NC2CCOCC2)c2cnc(Cc3ccnc(N4CC[C@H](OC)[C@H](F)C4)n3)cc21. The molecule has 5 rings (SSSR count). The number of pyridine rings is 1. The summed E-state index contributed by atoms with van der Waals surface area (Å²) in [6.45, 7) is 6.51. The van der Waals surface area contributed by atoms with Gasteiger partial charge in [-0.1, -0.05) is 6.92 Å². The van der Waals surface area contributed by atoms with Crippen molar-refractivity contribution in [2.24, 2.45) is 0 Å². The average Bonchev–Trinajstić information content (AvgIpc) is 3.32. The first-order valence-electron chi connectivity index (χ1n) is 13.6. The van der Waals surface area contributed by atoms with Crippen LogP contribution in [-0.4, -0.2) is 77.2 Å². The lowest BCUT2D eigenvalue weighted by Gasteiger charge is -2.33. The minimum Gasteiger partial charge on any atom is -0.381 e. The summed E-state index contributed by atoms with van der Waals surface area (Å²) in [5.41, 5.74) is 3.29. The van der Waals surface area contributed by atoms with Crippen molar-refractivity contribution in [3.05, 3.63) is 47.7 Å². The molecule has 204 valence electrons. The first-order chi connectivity index (χ1) is 18.5. The van der Waals surface area contributed by atoms with E-state index >= 15 is 0 Å². The molecule has 5 heterocycles. The van der Waals surface area contributed by atoms with Gasteiger partial charge in [-0.2, -0.15) is 0 Å². The summed E-state index contributed by atoms with van der Waals surface area (Å²) in [4.78, 5) is 28.9. The van der Waals surface area contributed by atoms with E-state index in [1.54, 1.807) is 19.5 Å². The quantitative estimate of drug-likeness (QED) is 0.478. The topological polar surface area (TPSA) is 94.4 Å². The van der Waals surface area contributed by atoms with Gasteiger partial charge >= 0.3 is 0 Å². The normalized spacial score (nSPS) is 21.5. The molecular weight excluding hydrogens is 487 g/mol. The molecule has 38 heavy (non-hydrogen) atoms. The van der Waals surface area contributed by atoms with E-state index in [1.165, 1.54) is 0 Å². The van der Waals surface area contributed by atoms with Crippen molar-refractivity contribution in [1.29, 1.82) is 0 Å². The maximum Gasteiger partial charge on any atom is 0.253 e. The Bertz CT molecular complexity index is 1260. The molecule has 10 heteroatoms. The molecule has 2 aliphatic heterocycles. The van der Waals surface area contributed by atoms with Crippen molar-refractivity contribution in [2.45, 2.75) is 70.3 Å². The van der Waals surface area contributed by atoms with Gasteiger partial charge < -0.3 is 24.3 Å². The van der Waals surface area contributed by atoms with Crippen molar-refractivity contribution < 1.29 is 18.7 Å². The van der Waals surface area contributed by atoms with Gasteiger partial charge in [0.25, 0.3) is 5.91 Å². The number of amides is 1. The van der Waals surface area contributed by atoms with Crippen LogP contribution in [0, 0.1) is 0 Å². The molecule has 0 unspecified atom stereocenters. The van der Waals surface area contributed by atoms with E-state index in [1.807, 2.05) is 17.2 Å². The summed E-state index contributed by atoms with van der Waals surface area (Å²) in [6.07, 6.45) is 7.72. The van der Waals surface area contributed by atoms with E-state index in [-0.39, 0.29) is 30.6 Å². The fraction of sp³-hybridized carbons (Fsp3) is 0.571. The Balaban J connectivity index is 1.38. The van der Waals surface area contributed by atoms with E-state index in [2.05, 4.69) is 34.8 Å². The van der Waals surface area contributed by atoms with Gasteiger partial charge in [-0.05, 0) is 44.7 Å². The maximum absolute atomic E-state index is 14.4. The maximum atomic E-state index is 14.4. The largest absolute Gasteiger partial charge is 0.381 e. The van der Waals surface area contributed by atoms with Gasteiger partial charge in [-0.3, -0.25) is 9.78 Å². The van der Waals surface area contributed by atoms with Gasteiger partial charge in [0.15, 0.2) is 0 Å². The number of aromatic nitrogens is 4. The molecule has 3 atom stereocenters. The summed E-state index contributed by atoms with van der Waals surface area (Å²) in [5.74, 6) is 0.457. The fourth-order valence-corrected chi connectivity index (χ4v) is 5.28. The zero-order valence-corrected chi connectivity index (χ0v) is 22.4. The highest BCUT2D eigenvalue weighted by Crippen LogP contribution is 2.28. The zero-order chi connectivity index (χ0) is 26.6. The smallest absolute Gasteiger partial charge is 0.253 e. The number of methoxy groups -OCH3 is 1. The number of nitrogens with one attached hydrogen (secondary N) is 1. The van der Waals surface area contributed by atoms with E-state index in [0.29, 0.717) is 44.1 Å². The molecule has 2 fully saturated rings. The molecule has 2 aliphatic rings. The lowest BCUT2D eigenvalue weighted by atomic mass is 10.1. The van der Waals surface area contributed by atoms with Crippen LogP contribution >= 0.6 is 0 Å². The van der Waals surface area contributed by atoms with Crippen molar-refractivity contribution in [3.8, 4) is 0 Å². The number of hydrogen-bond donors (Lipinski definition) is 1. The molecule has 0 saturated carbocycles. The minimum absolute atomic E-state index is 0.0673. The zero-order valence-electron chi connectivity index (χ0n) is 22.4. The number of anilines is 1. The number of carbonyl (C=O) groups excluding carboxylic acids is 1. The average molecular weight is 525 g/mol. The van der Waals surface area contributed by atoms with Crippen LogP contribution in [0.1, 0.15) is 67.3 Å². The number of hydrogen-bond acceptors (Lipinski definition) is 7. The number of alkyl halides is 1. The molecule has 9 nitrogen and oxygen atoms in total. The van der Waals surface area contributed by atoms with Crippen LogP contribution in [0.2, 0.25) is 0 Å². The Morgan fingerprint density at radius 3 is 2.82 bits per heavy atom. The number of rotatable bonds is 8. The summed E-state index contributed by atoms with van der Waals surface area (Å²) in [6, 6.07) is 4.28. The molecule has 0 radical (unpaired) electrons. The van der Waals surface area contributed by atoms with E-state index in [0.717, 1.165) is 41.6 Å². The summed E-state index contributed by atoms with van der Waals surface area (Å²) in [7, 11) is 1.55. The highest BCUT2D eigenvalue weighted by atomic mass is 19.1. The third-order valence-electron chi connectivity index (χ3n) is 7.77. The number of fused-ring (bicyclic) bond motifs is 1. The molecule has 3 aromatic heterocycles.